The highest BCUT2D eigenvalue weighted by Crippen LogP contribution is 2.30. The van der Waals surface area contributed by atoms with Crippen molar-refractivity contribution in [1.29, 1.82) is 0 Å². The van der Waals surface area contributed by atoms with Gasteiger partial charge >= 0.3 is 0 Å². The molecular formula is C14H29N3O. The predicted molar refractivity (Wildman–Crippen MR) is 76.8 cm³/mol. The summed E-state index contributed by atoms with van der Waals surface area (Å²) in [7, 11) is 0. The maximum atomic E-state index is 5.87. The van der Waals surface area contributed by atoms with Crippen LogP contribution in [-0.2, 0) is 4.74 Å². The Morgan fingerprint density at radius 3 is 2.72 bits per heavy atom. The molecule has 1 saturated carbocycles. The maximum absolute atomic E-state index is 5.87. The molecule has 0 saturated heterocycles. The van der Waals surface area contributed by atoms with Gasteiger partial charge in [-0.3, -0.25) is 4.99 Å². The first-order chi connectivity index (χ1) is 8.77. The number of hydrogen-bond acceptors (Lipinski definition) is 2. The highest BCUT2D eigenvalue weighted by Gasteiger charge is 2.24. The van der Waals surface area contributed by atoms with E-state index in [2.05, 4.69) is 24.2 Å². The smallest absolute Gasteiger partial charge is 0.188 e. The SMILES string of the molecule is CCCN=C(N)NCCC(OCC)C1CCCC1. The summed E-state index contributed by atoms with van der Waals surface area (Å²) in [5.74, 6) is 1.32. The number of nitrogens with zero attached hydrogens (tertiary/aromatic N) is 1. The van der Waals surface area contributed by atoms with Crippen LogP contribution in [0.4, 0.5) is 0 Å². The van der Waals surface area contributed by atoms with E-state index in [1.807, 2.05) is 0 Å². The van der Waals surface area contributed by atoms with Crippen molar-refractivity contribution in [2.75, 3.05) is 19.7 Å². The van der Waals surface area contributed by atoms with Crippen molar-refractivity contribution < 1.29 is 4.74 Å². The summed E-state index contributed by atoms with van der Waals surface area (Å²) in [4.78, 5) is 4.23. The summed E-state index contributed by atoms with van der Waals surface area (Å²) in [5, 5.41) is 3.18. The lowest BCUT2D eigenvalue weighted by atomic mass is 9.98. The summed E-state index contributed by atoms with van der Waals surface area (Å²) in [5.41, 5.74) is 5.77. The molecule has 0 aromatic carbocycles. The van der Waals surface area contributed by atoms with Crippen molar-refractivity contribution in [2.45, 2.75) is 58.5 Å². The molecule has 0 aromatic rings. The van der Waals surface area contributed by atoms with Crippen LogP contribution in [0.3, 0.4) is 0 Å². The Kier molecular flexibility index (Phi) is 7.81. The Labute approximate surface area is 111 Å². The summed E-state index contributed by atoms with van der Waals surface area (Å²) in [6.45, 7) is 6.64. The Morgan fingerprint density at radius 1 is 1.39 bits per heavy atom. The Balaban J connectivity index is 2.24. The Morgan fingerprint density at radius 2 is 2.11 bits per heavy atom. The normalized spacial score (nSPS) is 19.1. The van der Waals surface area contributed by atoms with Crippen molar-refractivity contribution >= 4 is 5.96 Å². The number of rotatable bonds is 8. The molecule has 3 N–H and O–H groups in total. The number of nitrogens with two attached hydrogens (primary N) is 1. The molecule has 1 unspecified atom stereocenters. The molecule has 18 heavy (non-hydrogen) atoms. The van der Waals surface area contributed by atoms with Crippen LogP contribution in [0, 0.1) is 5.92 Å². The van der Waals surface area contributed by atoms with E-state index in [-0.39, 0.29) is 0 Å². The van der Waals surface area contributed by atoms with Gasteiger partial charge in [-0.2, -0.15) is 0 Å². The third kappa shape index (κ3) is 5.71. The summed E-state index contributed by atoms with van der Waals surface area (Å²) in [6, 6.07) is 0. The second-order valence-corrected chi connectivity index (χ2v) is 5.02. The molecule has 106 valence electrons. The molecule has 1 atom stereocenters. The van der Waals surface area contributed by atoms with E-state index in [9.17, 15) is 0 Å². The molecule has 1 fully saturated rings. The van der Waals surface area contributed by atoms with Crippen LogP contribution < -0.4 is 11.1 Å². The Bertz CT molecular complexity index is 237. The second kappa shape index (κ2) is 9.20. The minimum atomic E-state index is 0.393. The first kappa shape index (κ1) is 15.3. The highest BCUT2D eigenvalue weighted by atomic mass is 16.5. The van der Waals surface area contributed by atoms with E-state index >= 15 is 0 Å². The molecule has 1 aliphatic rings. The standard InChI is InChI=1S/C14H29N3O/c1-3-10-16-14(15)17-11-9-13(18-4-2)12-7-5-6-8-12/h12-13H,3-11H2,1-2H3,(H3,15,16,17). The van der Waals surface area contributed by atoms with Gasteiger partial charge in [0.25, 0.3) is 0 Å². The lowest BCUT2D eigenvalue weighted by molar-refractivity contribution is 0.0170. The number of aliphatic imine (C=N–C) groups is 1. The first-order valence-corrected chi connectivity index (χ1v) is 7.43. The summed E-state index contributed by atoms with van der Waals surface area (Å²) in [6.07, 6.45) is 7.83. The molecule has 0 radical (unpaired) electrons. The predicted octanol–water partition coefficient (Wildman–Crippen LogP) is 2.29. The topological polar surface area (TPSA) is 59.6 Å². The zero-order chi connectivity index (χ0) is 13.2. The molecule has 4 nitrogen and oxygen atoms in total. The molecule has 0 amide bonds. The third-order valence-electron chi connectivity index (χ3n) is 3.55. The molecule has 0 spiro atoms. The number of ether oxygens (including phenoxy) is 1. The van der Waals surface area contributed by atoms with Gasteiger partial charge in [0.05, 0.1) is 6.10 Å². The van der Waals surface area contributed by atoms with Crippen molar-refractivity contribution in [1.82, 2.24) is 5.32 Å². The second-order valence-electron chi connectivity index (χ2n) is 5.02. The highest BCUT2D eigenvalue weighted by molar-refractivity contribution is 5.77. The number of nitrogens with one attached hydrogen (secondary N) is 1. The monoisotopic (exact) mass is 255 g/mol. The molecule has 0 heterocycles. The van der Waals surface area contributed by atoms with Crippen LogP contribution in [0.1, 0.15) is 52.4 Å². The van der Waals surface area contributed by atoms with Gasteiger partial charge in [-0.05, 0) is 38.5 Å². The first-order valence-electron chi connectivity index (χ1n) is 7.43. The quantitative estimate of drug-likeness (QED) is 0.517. The van der Waals surface area contributed by atoms with E-state index < -0.39 is 0 Å². The lowest BCUT2D eigenvalue weighted by Crippen LogP contribution is -2.35. The van der Waals surface area contributed by atoms with Crippen LogP contribution in [0.5, 0.6) is 0 Å². The van der Waals surface area contributed by atoms with E-state index in [0.717, 1.165) is 38.5 Å². The zero-order valence-electron chi connectivity index (χ0n) is 12.0. The molecule has 0 aromatic heterocycles. The molecule has 1 aliphatic carbocycles. The van der Waals surface area contributed by atoms with Crippen molar-refractivity contribution in [3.8, 4) is 0 Å². The molecule has 4 heteroatoms. The zero-order valence-corrected chi connectivity index (χ0v) is 12.0. The fourth-order valence-electron chi connectivity index (χ4n) is 2.63. The lowest BCUT2D eigenvalue weighted by Gasteiger charge is -2.23. The maximum Gasteiger partial charge on any atom is 0.188 e. The van der Waals surface area contributed by atoms with Gasteiger partial charge in [0.15, 0.2) is 5.96 Å². The van der Waals surface area contributed by atoms with E-state index in [1.165, 1.54) is 25.7 Å². The van der Waals surface area contributed by atoms with Gasteiger partial charge < -0.3 is 15.8 Å². The van der Waals surface area contributed by atoms with Crippen LogP contribution in [0.2, 0.25) is 0 Å². The van der Waals surface area contributed by atoms with Gasteiger partial charge in [0.2, 0.25) is 0 Å². The average Bonchev–Trinajstić information content (AvgIpc) is 2.89. The van der Waals surface area contributed by atoms with Gasteiger partial charge in [-0.15, -0.1) is 0 Å². The van der Waals surface area contributed by atoms with Crippen LogP contribution in [-0.4, -0.2) is 31.8 Å². The van der Waals surface area contributed by atoms with Gasteiger partial charge in [-0.1, -0.05) is 19.8 Å². The average molecular weight is 255 g/mol. The van der Waals surface area contributed by atoms with Crippen LogP contribution in [0.25, 0.3) is 0 Å². The molecule has 1 rings (SSSR count). The van der Waals surface area contributed by atoms with Crippen molar-refractivity contribution in [2.24, 2.45) is 16.6 Å². The minimum Gasteiger partial charge on any atom is -0.378 e. The van der Waals surface area contributed by atoms with Crippen molar-refractivity contribution in [3.63, 3.8) is 0 Å². The van der Waals surface area contributed by atoms with Gasteiger partial charge in [0.1, 0.15) is 0 Å². The molecular weight excluding hydrogens is 226 g/mol. The van der Waals surface area contributed by atoms with Crippen LogP contribution >= 0.6 is 0 Å². The number of guanidine groups is 1. The van der Waals surface area contributed by atoms with Gasteiger partial charge in [0, 0.05) is 19.7 Å². The minimum absolute atomic E-state index is 0.393. The third-order valence-corrected chi connectivity index (χ3v) is 3.55. The fourth-order valence-corrected chi connectivity index (χ4v) is 2.63. The number of hydrogen-bond donors (Lipinski definition) is 2. The van der Waals surface area contributed by atoms with Crippen LogP contribution in [0.15, 0.2) is 4.99 Å². The largest absolute Gasteiger partial charge is 0.378 e. The summed E-state index contributed by atoms with van der Waals surface area (Å²) < 4.78 is 5.87. The molecule has 0 bridgehead atoms. The van der Waals surface area contributed by atoms with E-state index in [0.29, 0.717) is 12.1 Å². The summed E-state index contributed by atoms with van der Waals surface area (Å²) >= 11 is 0. The fraction of sp³-hybridized carbons (Fsp3) is 0.929. The van der Waals surface area contributed by atoms with E-state index in [1.54, 1.807) is 0 Å². The van der Waals surface area contributed by atoms with E-state index in [4.69, 9.17) is 10.5 Å². The van der Waals surface area contributed by atoms with Crippen molar-refractivity contribution in [3.05, 3.63) is 0 Å². The molecule has 0 aliphatic heterocycles. The van der Waals surface area contributed by atoms with Gasteiger partial charge in [-0.25, -0.2) is 0 Å². The Hall–Kier alpha value is -0.770.